The second kappa shape index (κ2) is 7.41. The summed E-state index contributed by atoms with van der Waals surface area (Å²) in [5.41, 5.74) is 1.39. The van der Waals surface area contributed by atoms with E-state index in [2.05, 4.69) is 10.6 Å². The minimum atomic E-state index is -0.170. The number of carbonyl (C=O) groups excluding carboxylic acids is 2. The number of carbonyl (C=O) groups is 2. The number of amides is 2. The molecule has 2 N–H and O–H groups in total. The fourth-order valence-corrected chi connectivity index (χ4v) is 1.76. The molecule has 5 nitrogen and oxygen atoms in total. The predicted octanol–water partition coefficient (Wildman–Crippen LogP) is 1.33. The number of hydrogen-bond donors (Lipinski definition) is 2. The molecule has 2 amide bonds. The highest BCUT2D eigenvalue weighted by atomic mass is 16.2. The van der Waals surface area contributed by atoms with E-state index in [0.717, 1.165) is 12.2 Å². The Bertz CT molecular complexity index is 446. The molecule has 1 aromatic rings. The average Bonchev–Trinajstić information content (AvgIpc) is 2.44. The summed E-state index contributed by atoms with van der Waals surface area (Å²) in [6, 6.07) is 7.34. The van der Waals surface area contributed by atoms with E-state index in [1.165, 1.54) is 4.90 Å². The van der Waals surface area contributed by atoms with Gasteiger partial charge >= 0.3 is 0 Å². The third-order valence-electron chi connectivity index (χ3n) is 2.81. The van der Waals surface area contributed by atoms with Crippen LogP contribution in [-0.2, 0) is 4.79 Å². The van der Waals surface area contributed by atoms with Crippen molar-refractivity contribution in [2.45, 2.75) is 13.8 Å². The van der Waals surface area contributed by atoms with Gasteiger partial charge in [-0.2, -0.15) is 0 Å². The molecule has 5 heteroatoms. The summed E-state index contributed by atoms with van der Waals surface area (Å²) in [4.78, 5) is 25.4. The van der Waals surface area contributed by atoms with E-state index in [9.17, 15) is 9.59 Å². The van der Waals surface area contributed by atoms with E-state index in [1.807, 2.05) is 32.0 Å². The summed E-state index contributed by atoms with van der Waals surface area (Å²) in [5.74, 6) is -0.307. The van der Waals surface area contributed by atoms with Crippen LogP contribution in [0.1, 0.15) is 24.2 Å². The minimum Gasteiger partial charge on any atom is -0.385 e. The van der Waals surface area contributed by atoms with Crippen molar-refractivity contribution in [3.8, 4) is 0 Å². The van der Waals surface area contributed by atoms with Crippen molar-refractivity contribution in [1.82, 2.24) is 10.2 Å². The predicted molar refractivity (Wildman–Crippen MR) is 76.2 cm³/mol. The Morgan fingerprint density at radius 3 is 2.47 bits per heavy atom. The maximum absolute atomic E-state index is 12.4. The van der Waals surface area contributed by atoms with E-state index in [0.29, 0.717) is 12.1 Å². The number of hydrogen-bond acceptors (Lipinski definition) is 3. The lowest BCUT2D eigenvalue weighted by Crippen LogP contribution is -2.39. The molecule has 0 radical (unpaired) electrons. The highest BCUT2D eigenvalue weighted by Crippen LogP contribution is 2.17. The van der Waals surface area contributed by atoms with Crippen LogP contribution >= 0.6 is 0 Å². The third kappa shape index (κ3) is 3.98. The van der Waals surface area contributed by atoms with Gasteiger partial charge in [0.05, 0.1) is 12.1 Å². The van der Waals surface area contributed by atoms with E-state index in [4.69, 9.17) is 0 Å². The zero-order chi connectivity index (χ0) is 14.3. The fraction of sp³-hybridized carbons (Fsp3) is 0.429. The first-order valence-electron chi connectivity index (χ1n) is 6.46. The van der Waals surface area contributed by atoms with Gasteiger partial charge in [0, 0.05) is 25.8 Å². The highest BCUT2D eigenvalue weighted by molar-refractivity contribution is 6.01. The monoisotopic (exact) mass is 263 g/mol. The number of likely N-dealkylation sites (N-methyl/N-ethyl adjacent to an activating group) is 2. The van der Waals surface area contributed by atoms with Crippen molar-refractivity contribution < 1.29 is 9.59 Å². The van der Waals surface area contributed by atoms with Crippen LogP contribution < -0.4 is 10.6 Å². The van der Waals surface area contributed by atoms with Crippen LogP contribution in [0.3, 0.4) is 0 Å². The Morgan fingerprint density at radius 2 is 1.89 bits per heavy atom. The van der Waals surface area contributed by atoms with Gasteiger partial charge in [-0.05, 0) is 26.0 Å². The first kappa shape index (κ1) is 15.0. The summed E-state index contributed by atoms with van der Waals surface area (Å²) in [7, 11) is 1.56. The summed E-state index contributed by atoms with van der Waals surface area (Å²) in [6.07, 6.45) is 0. The average molecular weight is 263 g/mol. The molecule has 0 aromatic heterocycles. The molecule has 0 unspecified atom stereocenters. The van der Waals surface area contributed by atoms with Crippen molar-refractivity contribution in [1.29, 1.82) is 0 Å². The van der Waals surface area contributed by atoms with Crippen LogP contribution in [0.5, 0.6) is 0 Å². The molecule has 0 saturated carbocycles. The van der Waals surface area contributed by atoms with Crippen molar-refractivity contribution in [3.63, 3.8) is 0 Å². The Kier molecular flexibility index (Phi) is 5.85. The third-order valence-corrected chi connectivity index (χ3v) is 2.81. The number of anilines is 1. The first-order valence-corrected chi connectivity index (χ1v) is 6.46. The van der Waals surface area contributed by atoms with Crippen LogP contribution in [0.4, 0.5) is 5.69 Å². The summed E-state index contributed by atoms with van der Waals surface area (Å²) >= 11 is 0. The molecule has 104 valence electrons. The van der Waals surface area contributed by atoms with Crippen molar-refractivity contribution in [2.75, 3.05) is 32.0 Å². The molecule has 0 fully saturated rings. The SMILES string of the molecule is CCNc1ccccc1C(=O)N(CC)CC(=O)NC. The smallest absolute Gasteiger partial charge is 0.256 e. The Hall–Kier alpha value is -2.04. The standard InChI is InChI=1S/C14H21N3O2/c1-4-16-12-9-7-6-8-11(12)14(19)17(5-2)10-13(18)15-3/h6-9,16H,4-5,10H2,1-3H3,(H,15,18). The largest absolute Gasteiger partial charge is 0.385 e. The molecule has 0 aliphatic rings. The molecule has 0 aliphatic carbocycles. The maximum Gasteiger partial charge on any atom is 0.256 e. The molecule has 0 aliphatic heterocycles. The zero-order valence-corrected chi connectivity index (χ0v) is 11.7. The topological polar surface area (TPSA) is 61.4 Å². The normalized spacial score (nSPS) is 9.84. The van der Waals surface area contributed by atoms with Crippen LogP contribution in [0.15, 0.2) is 24.3 Å². The van der Waals surface area contributed by atoms with Gasteiger partial charge in [0.25, 0.3) is 5.91 Å². The van der Waals surface area contributed by atoms with Gasteiger partial charge < -0.3 is 15.5 Å². The second-order valence-corrected chi connectivity index (χ2v) is 4.07. The summed E-state index contributed by atoms with van der Waals surface area (Å²) in [5, 5.41) is 5.68. The number of rotatable bonds is 6. The molecular formula is C14H21N3O2. The van der Waals surface area contributed by atoms with Gasteiger partial charge in [-0.25, -0.2) is 0 Å². The minimum absolute atomic E-state index is 0.0757. The van der Waals surface area contributed by atoms with Gasteiger partial charge in [-0.15, -0.1) is 0 Å². The molecule has 1 rings (SSSR count). The van der Waals surface area contributed by atoms with E-state index < -0.39 is 0 Å². The van der Waals surface area contributed by atoms with Crippen molar-refractivity contribution in [2.24, 2.45) is 0 Å². The summed E-state index contributed by atoms with van der Waals surface area (Å²) in [6.45, 7) is 5.14. The quantitative estimate of drug-likeness (QED) is 0.814. The van der Waals surface area contributed by atoms with Gasteiger partial charge in [-0.3, -0.25) is 9.59 Å². The fourth-order valence-electron chi connectivity index (χ4n) is 1.76. The van der Waals surface area contributed by atoms with Crippen molar-refractivity contribution in [3.05, 3.63) is 29.8 Å². The number of benzene rings is 1. The van der Waals surface area contributed by atoms with Crippen LogP contribution in [0.25, 0.3) is 0 Å². The summed E-state index contributed by atoms with van der Waals surface area (Å²) < 4.78 is 0. The number of para-hydroxylation sites is 1. The second-order valence-electron chi connectivity index (χ2n) is 4.07. The molecule has 1 aromatic carbocycles. The molecule has 0 saturated heterocycles. The molecule has 0 heterocycles. The molecular weight excluding hydrogens is 242 g/mol. The van der Waals surface area contributed by atoms with Crippen molar-refractivity contribution >= 4 is 17.5 Å². The van der Waals surface area contributed by atoms with Crippen LogP contribution in [-0.4, -0.2) is 43.4 Å². The Labute approximate surface area is 114 Å². The molecule has 19 heavy (non-hydrogen) atoms. The highest BCUT2D eigenvalue weighted by Gasteiger charge is 2.19. The van der Waals surface area contributed by atoms with Crippen LogP contribution in [0.2, 0.25) is 0 Å². The molecule has 0 bridgehead atoms. The zero-order valence-electron chi connectivity index (χ0n) is 11.7. The van der Waals surface area contributed by atoms with Gasteiger partial charge in [0.15, 0.2) is 0 Å². The number of nitrogens with zero attached hydrogens (tertiary/aromatic N) is 1. The number of nitrogens with one attached hydrogen (secondary N) is 2. The van der Waals surface area contributed by atoms with Gasteiger partial charge in [0.1, 0.15) is 0 Å². The van der Waals surface area contributed by atoms with E-state index in [1.54, 1.807) is 13.1 Å². The molecule has 0 spiro atoms. The van der Waals surface area contributed by atoms with E-state index in [-0.39, 0.29) is 18.4 Å². The Balaban J connectivity index is 2.93. The van der Waals surface area contributed by atoms with Gasteiger partial charge in [0.2, 0.25) is 5.91 Å². The van der Waals surface area contributed by atoms with Crippen LogP contribution in [0, 0.1) is 0 Å². The Morgan fingerprint density at radius 1 is 1.21 bits per heavy atom. The molecule has 0 atom stereocenters. The lowest BCUT2D eigenvalue weighted by molar-refractivity contribution is -0.121. The van der Waals surface area contributed by atoms with Gasteiger partial charge in [-0.1, -0.05) is 12.1 Å². The lowest BCUT2D eigenvalue weighted by atomic mass is 10.1. The lowest BCUT2D eigenvalue weighted by Gasteiger charge is -2.21. The first-order chi connectivity index (χ1) is 9.13. The van der Waals surface area contributed by atoms with E-state index >= 15 is 0 Å². The maximum atomic E-state index is 12.4.